The van der Waals surface area contributed by atoms with Gasteiger partial charge in [-0.3, -0.25) is 10.1 Å². The molecule has 5 nitrogen and oxygen atoms in total. The number of nitrogens with zero attached hydrogens (tertiary/aromatic N) is 1. The zero-order valence-corrected chi connectivity index (χ0v) is 12.0. The third-order valence-corrected chi connectivity index (χ3v) is 3.09. The highest BCUT2D eigenvalue weighted by atomic mass is 16.6. The van der Waals surface area contributed by atoms with Crippen LogP contribution in [0, 0.1) is 10.1 Å². The molecule has 2 rings (SSSR count). The standard InChI is InChI=1S/C17H15NO4/c1-13(14-7-3-2-4-8-14)22-17(19)12-11-15-9-5-6-10-16(15)18(20)21/h2-13H,1H3/b12-11+/t13-/m0/s1. The lowest BCUT2D eigenvalue weighted by Crippen LogP contribution is -2.05. The molecule has 0 fully saturated rings. The van der Waals surface area contributed by atoms with Crippen molar-refractivity contribution >= 4 is 17.7 Å². The third-order valence-electron chi connectivity index (χ3n) is 3.09. The molecule has 0 radical (unpaired) electrons. The van der Waals surface area contributed by atoms with Crippen molar-refractivity contribution in [2.24, 2.45) is 0 Å². The van der Waals surface area contributed by atoms with Crippen molar-refractivity contribution in [2.45, 2.75) is 13.0 Å². The second-order valence-corrected chi connectivity index (χ2v) is 4.64. The Morgan fingerprint density at radius 1 is 1.14 bits per heavy atom. The summed E-state index contributed by atoms with van der Waals surface area (Å²) in [4.78, 5) is 22.2. The number of carbonyl (C=O) groups is 1. The van der Waals surface area contributed by atoms with Crippen LogP contribution in [0.4, 0.5) is 5.69 Å². The second kappa shape index (κ2) is 7.17. The maximum Gasteiger partial charge on any atom is 0.331 e. The van der Waals surface area contributed by atoms with Gasteiger partial charge in [-0.1, -0.05) is 42.5 Å². The molecular weight excluding hydrogens is 282 g/mol. The highest BCUT2D eigenvalue weighted by Gasteiger charge is 2.11. The fourth-order valence-corrected chi connectivity index (χ4v) is 1.96. The predicted octanol–water partition coefficient (Wildman–Crippen LogP) is 3.91. The molecule has 2 aromatic rings. The first-order chi connectivity index (χ1) is 10.6. The van der Waals surface area contributed by atoms with Gasteiger partial charge in [0.15, 0.2) is 0 Å². The van der Waals surface area contributed by atoms with E-state index in [1.165, 1.54) is 18.2 Å². The van der Waals surface area contributed by atoms with Crippen LogP contribution in [0.1, 0.15) is 24.2 Å². The Bertz CT molecular complexity index is 695. The van der Waals surface area contributed by atoms with Gasteiger partial charge in [0, 0.05) is 12.1 Å². The molecule has 0 amide bonds. The van der Waals surface area contributed by atoms with Crippen molar-refractivity contribution in [2.75, 3.05) is 0 Å². The van der Waals surface area contributed by atoms with Crippen LogP contribution in [0.3, 0.4) is 0 Å². The molecule has 2 aromatic carbocycles. The van der Waals surface area contributed by atoms with E-state index in [0.29, 0.717) is 5.56 Å². The summed E-state index contributed by atoms with van der Waals surface area (Å²) in [6.45, 7) is 1.77. The van der Waals surface area contributed by atoms with Gasteiger partial charge in [-0.25, -0.2) is 4.79 Å². The van der Waals surface area contributed by atoms with E-state index in [1.807, 2.05) is 30.3 Å². The average Bonchev–Trinajstić information content (AvgIpc) is 2.54. The van der Waals surface area contributed by atoms with Crippen LogP contribution in [-0.4, -0.2) is 10.9 Å². The van der Waals surface area contributed by atoms with Crippen molar-refractivity contribution < 1.29 is 14.5 Å². The molecule has 0 saturated heterocycles. The summed E-state index contributed by atoms with van der Waals surface area (Å²) in [7, 11) is 0. The van der Waals surface area contributed by atoms with Crippen molar-refractivity contribution in [3.05, 3.63) is 81.9 Å². The zero-order valence-electron chi connectivity index (χ0n) is 12.0. The molecule has 0 aromatic heterocycles. The predicted molar refractivity (Wildman–Crippen MR) is 83.1 cm³/mol. The molecule has 0 N–H and O–H groups in total. The summed E-state index contributed by atoms with van der Waals surface area (Å²) in [5, 5.41) is 10.9. The van der Waals surface area contributed by atoms with Crippen molar-refractivity contribution in [1.29, 1.82) is 0 Å². The Hall–Kier alpha value is -2.95. The lowest BCUT2D eigenvalue weighted by molar-refractivity contribution is -0.385. The molecule has 0 unspecified atom stereocenters. The number of hydrogen-bond acceptors (Lipinski definition) is 4. The number of para-hydroxylation sites is 1. The molecule has 0 aliphatic heterocycles. The Labute approximate surface area is 128 Å². The number of nitro groups is 1. The summed E-state index contributed by atoms with van der Waals surface area (Å²) < 4.78 is 5.26. The van der Waals surface area contributed by atoms with E-state index < -0.39 is 10.9 Å². The molecule has 0 aliphatic carbocycles. The molecule has 22 heavy (non-hydrogen) atoms. The van der Waals surface area contributed by atoms with Gasteiger partial charge in [0.1, 0.15) is 6.10 Å². The molecule has 0 heterocycles. The van der Waals surface area contributed by atoms with Gasteiger partial charge >= 0.3 is 5.97 Å². The van der Waals surface area contributed by atoms with E-state index in [1.54, 1.807) is 25.1 Å². The normalized spacial score (nSPS) is 12.0. The third kappa shape index (κ3) is 4.02. The Kier molecular flexibility index (Phi) is 5.03. The molecule has 0 bridgehead atoms. The molecule has 112 valence electrons. The summed E-state index contributed by atoms with van der Waals surface area (Å²) >= 11 is 0. The first-order valence-electron chi connectivity index (χ1n) is 6.75. The zero-order chi connectivity index (χ0) is 15.9. The lowest BCUT2D eigenvalue weighted by atomic mass is 10.1. The fraction of sp³-hybridized carbons (Fsp3) is 0.118. The molecule has 5 heteroatoms. The topological polar surface area (TPSA) is 69.4 Å². The Morgan fingerprint density at radius 2 is 1.77 bits per heavy atom. The summed E-state index contributed by atoms with van der Waals surface area (Å²) in [5.41, 5.74) is 1.19. The van der Waals surface area contributed by atoms with E-state index in [0.717, 1.165) is 5.56 Å². The molecule has 0 saturated carbocycles. The number of ether oxygens (including phenoxy) is 1. The van der Waals surface area contributed by atoms with E-state index in [2.05, 4.69) is 0 Å². The summed E-state index contributed by atoms with van der Waals surface area (Å²) in [5.74, 6) is -0.547. The number of benzene rings is 2. The SMILES string of the molecule is C[C@H](OC(=O)/C=C/c1ccccc1[N+](=O)[O-])c1ccccc1. The van der Waals surface area contributed by atoms with E-state index >= 15 is 0 Å². The highest BCUT2D eigenvalue weighted by molar-refractivity contribution is 5.88. The average molecular weight is 297 g/mol. The van der Waals surface area contributed by atoms with Crippen molar-refractivity contribution in [3.63, 3.8) is 0 Å². The van der Waals surface area contributed by atoms with E-state index in [4.69, 9.17) is 4.74 Å². The van der Waals surface area contributed by atoms with Gasteiger partial charge in [-0.05, 0) is 24.6 Å². The monoisotopic (exact) mass is 297 g/mol. The van der Waals surface area contributed by atoms with Gasteiger partial charge in [-0.2, -0.15) is 0 Å². The Balaban J connectivity index is 2.05. The quantitative estimate of drug-likeness (QED) is 0.363. The van der Waals surface area contributed by atoms with Crippen LogP contribution in [0.25, 0.3) is 6.08 Å². The minimum Gasteiger partial charge on any atom is -0.455 e. The minimum absolute atomic E-state index is 0.0531. The summed E-state index contributed by atoms with van der Waals surface area (Å²) in [6.07, 6.45) is 2.20. The van der Waals surface area contributed by atoms with Crippen LogP contribution < -0.4 is 0 Å². The number of rotatable bonds is 5. The van der Waals surface area contributed by atoms with Crippen molar-refractivity contribution in [3.8, 4) is 0 Å². The van der Waals surface area contributed by atoms with E-state index in [9.17, 15) is 14.9 Å². The minimum atomic E-state index is -0.547. The highest BCUT2D eigenvalue weighted by Crippen LogP contribution is 2.20. The van der Waals surface area contributed by atoms with Crippen LogP contribution in [0.2, 0.25) is 0 Å². The number of esters is 1. The fourth-order valence-electron chi connectivity index (χ4n) is 1.96. The molecule has 0 aliphatic rings. The van der Waals surface area contributed by atoms with Gasteiger partial charge in [0.25, 0.3) is 5.69 Å². The van der Waals surface area contributed by atoms with Crippen LogP contribution in [0.5, 0.6) is 0 Å². The number of hydrogen-bond donors (Lipinski definition) is 0. The largest absolute Gasteiger partial charge is 0.455 e. The molecule has 0 spiro atoms. The van der Waals surface area contributed by atoms with Crippen LogP contribution in [-0.2, 0) is 9.53 Å². The van der Waals surface area contributed by atoms with Gasteiger partial charge < -0.3 is 4.74 Å². The second-order valence-electron chi connectivity index (χ2n) is 4.64. The van der Waals surface area contributed by atoms with Crippen molar-refractivity contribution in [1.82, 2.24) is 0 Å². The Morgan fingerprint density at radius 3 is 2.45 bits per heavy atom. The summed E-state index contributed by atoms with van der Waals surface area (Å²) in [6, 6.07) is 15.5. The van der Waals surface area contributed by atoms with Gasteiger partial charge in [0.05, 0.1) is 10.5 Å². The number of carbonyl (C=O) groups excluding carboxylic acids is 1. The van der Waals surface area contributed by atoms with E-state index in [-0.39, 0.29) is 11.8 Å². The molecular formula is C17H15NO4. The first-order valence-corrected chi connectivity index (χ1v) is 6.75. The van der Waals surface area contributed by atoms with Gasteiger partial charge in [0.2, 0.25) is 0 Å². The maximum atomic E-state index is 11.8. The number of nitro benzene ring substituents is 1. The van der Waals surface area contributed by atoms with Crippen LogP contribution in [0.15, 0.2) is 60.7 Å². The lowest BCUT2D eigenvalue weighted by Gasteiger charge is -2.11. The van der Waals surface area contributed by atoms with Crippen LogP contribution >= 0.6 is 0 Å². The van der Waals surface area contributed by atoms with Gasteiger partial charge in [-0.15, -0.1) is 0 Å². The maximum absolute atomic E-state index is 11.8. The molecule has 1 atom stereocenters. The smallest absolute Gasteiger partial charge is 0.331 e. The first kappa shape index (κ1) is 15.4.